The summed E-state index contributed by atoms with van der Waals surface area (Å²) in [4.78, 5) is 10.9. The highest BCUT2D eigenvalue weighted by atomic mass is 35.5. The van der Waals surface area contributed by atoms with Crippen LogP contribution in [0.4, 0.5) is 23.7 Å². The first kappa shape index (κ1) is 14.4. The molecular formula is C10H10ClF3N2O2. The fourth-order valence-electron chi connectivity index (χ4n) is 1.00. The zero-order chi connectivity index (χ0) is 13.8. The molecular weight excluding hydrogens is 273 g/mol. The van der Waals surface area contributed by atoms with Crippen molar-refractivity contribution < 1.29 is 22.7 Å². The molecule has 0 saturated heterocycles. The molecule has 1 rings (SSSR count). The fourth-order valence-corrected chi connectivity index (χ4v) is 1.05. The molecule has 2 N–H and O–H groups in total. The van der Waals surface area contributed by atoms with Crippen molar-refractivity contribution in [1.82, 2.24) is 5.32 Å². The first-order chi connectivity index (χ1) is 8.35. The SMILES string of the molecule is CNC(=O)Nc1ccc(OC(F)(F)C(F)Cl)cc1. The summed E-state index contributed by atoms with van der Waals surface area (Å²) in [5.41, 5.74) is -2.58. The Hall–Kier alpha value is -1.63. The number of ether oxygens (including phenoxy) is 1. The average Bonchev–Trinajstić information content (AvgIpc) is 2.31. The minimum Gasteiger partial charge on any atom is -0.429 e. The van der Waals surface area contributed by atoms with Gasteiger partial charge in [0.25, 0.3) is 5.63 Å². The van der Waals surface area contributed by atoms with Gasteiger partial charge in [-0.15, -0.1) is 0 Å². The Labute approximate surface area is 106 Å². The summed E-state index contributed by atoms with van der Waals surface area (Å²) < 4.78 is 41.9. The third-order valence-electron chi connectivity index (χ3n) is 1.85. The van der Waals surface area contributed by atoms with Crippen molar-refractivity contribution in [2.45, 2.75) is 11.7 Å². The summed E-state index contributed by atoms with van der Waals surface area (Å²) in [7, 11) is 1.43. The predicted molar refractivity (Wildman–Crippen MR) is 60.8 cm³/mol. The number of benzene rings is 1. The van der Waals surface area contributed by atoms with E-state index in [1.165, 1.54) is 19.2 Å². The zero-order valence-corrected chi connectivity index (χ0v) is 9.97. The van der Waals surface area contributed by atoms with Gasteiger partial charge in [-0.3, -0.25) is 0 Å². The van der Waals surface area contributed by atoms with Gasteiger partial charge in [0.2, 0.25) is 0 Å². The number of halogens is 4. The van der Waals surface area contributed by atoms with Crippen LogP contribution in [0.2, 0.25) is 0 Å². The van der Waals surface area contributed by atoms with Gasteiger partial charge in [-0.2, -0.15) is 8.78 Å². The van der Waals surface area contributed by atoms with E-state index in [4.69, 9.17) is 0 Å². The average molecular weight is 283 g/mol. The number of anilines is 1. The molecule has 0 aliphatic carbocycles. The van der Waals surface area contributed by atoms with Crippen molar-refractivity contribution in [1.29, 1.82) is 0 Å². The van der Waals surface area contributed by atoms with Crippen LogP contribution in [0.5, 0.6) is 5.75 Å². The van der Waals surface area contributed by atoms with Crippen molar-refractivity contribution in [3.05, 3.63) is 24.3 Å². The number of carbonyl (C=O) groups excluding carboxylic acids is 1. The zero-order valence-electron chi connectivity index (χ0n) is 9.22. The van der Waals surface area contributed by atoms with Crippen molar-refractivity contribution >= 4 is 23.3 Å². The highest BCUT2D eigenvalue weighted by Crippen LogP contribution is 2.29. The van der Waals surface area contributed by atoms with E-state index in [1.807, 2.05) is 0 Å². The molecule has 0 bridgehead atoms. The largest absolute Gasteiger partial charge is 0.444 e. The first-order valence-corrected chi connectivity index (χ1v) is 5.22. The summed E-state index contributed by atoms with van der Waals surface area (Å²) in [6, 6.07) is 4.49. The Bertz CT molecular complexity index is 412. The second-order valence-electron chi connectivity index (χ2n) is 3.19. The van der Waals surface area contributed by atoms with Crippen LogP contribution in [0.15, 0.2) is 24.3 Å². The van der Waals surface area contributed by atoms with Crippen LogP contribution >= 0.6 is 11.6 Å². The Kier molecular flexibility index (Phi) is 4.66. The lowest BCUT2D eigenvalue weighted by Crippen LogP contribution is -2.32. The van der Waals surface area contributed by atoms with Crippen LogP contribution in [0.3, 0.4) is 0 Å². The van der Waals surface area contributed by atoms with E-state index in [2.05, 4.69) is 27.0 Å². The standard InChI is InChI=1S/C10H10ClF3N2O2/c1-15-9(17)16-6-2-4-7(5-3-6)18-10(13,14)8(11)12/h2-5,8H,1H3,(H2,15,16,17). The number of amides is 2. The number of alkyl halides is 4. The molecule has 1 aromatic carbocycles. The number of carbonyl (C=O) groups is 1. The van der Waals surface area contributed by atoms with Crippen LogP contribution in [0.25, 0.3) is 0 Å². The first-order valence-electron chi connectivity index (χ1n) is 4.79. The molecule has 1 aromatic rings. The molecule has 0 saturated carbocycles. The molecule has 0 radical (unpaired) electrons. The van der Waals surface area contributed by atoms with Crippen LogP contribution in [-0.4, -0.2) is 24.8 Å². The smallest absolute Gasteiger partial charge is 0.429 e. The quantitative estimate of drug-likeness (QED) is 0.834. The fraction of sp³-hybridized carbons (Fsp3) is 0.300. The van der Waals surface area contributed by atoms with Gasteiger partial charge in [-0.05, 0) is 24.3 Å². The van der Waals surface area contributed by atoms with Gasteiger partial charge < -0.3 is 15.4 Å². The van der Waals surface area contributed by atoms with Crippen LogP contribution in [-0.2, 0) is 0 Å². The Morgan fingerprint density at radius 3 is 2.39 bits per heavy atom. The second-order valence-corrected chi connectivity index (χ2v) is 3.58. The third-order valence-corrected chi connectivity index (χ3v) is 2.10. The van der Waals surface area contributed by atoms with Crippen molar-refractivity contribution in [3.8, 4) is 5.75 Å². The number of hydrogen-bond donors (Lipinski definition) is 2. The molecule has 100 valence electrons. The monoisotopic (exact) mass is 282 g/mol. The van der Waals surface area contributed by atoms with Gasteiger partial charge in [-0.1, -0.05) is 11.6 Å². The summed E-state index contributed by atoms with van der Waals surface area (Å²) >= 11 is 4.63. The molecule has 0 heterocycles. The van der Waals surface area contributed by atoms with E-state index in [0.717, 1.165) is 12.1 Å². The molecule has 4 nitrogen and oxygen atoms in total. The highest BCUT2D eigenvalue weighted by molar-refractivity contribution is 6.20. The number of urea groups is 1. The van der Waals surface area contributed by atoms with Gasteiger partial charge >= 0.3 is 12.1 Å². The number of rotatable bonds is 4. The molecule has 0 fully saturated rings. The van der Waals surface area contributed by atoms with Gasteiger partial charge in [0.15, 0.2) is 0 Å². The van der Waals surface area contributed by atoms with Gasteiger partial charge in [-0.25, -0.2) is 9.18 Å². The molecule has 2 amide bonds. The van der Waals surface area contributed by atoms with E-state index in [9.17, 15) is 18.0 Å². The van der Waals surface area contributed by atoms with Gasteiger partial charge in [0.1, 0.15) is 5.75 Å². The lowest BCUT2D eigenvalue weighted by molar-refractivity contribution is -0.199. The van der Waals surface area contributed by atoms with Crippen LogP contribution < -0.4 is 15.4 Å². The molecule has 0 spiro atoms. The van der Waals surface area contributed by atoms with Gasteiger partial charge in [0, 0.05) is 12.7 Å². The summed E-state index contributed by atoms with van der Waals surface area (Å²) in [6.07, 6.45) is -4.11. The second kappa shape index (κ2) is 5.81. The summed E-state index contributed by atoms with van der Waals surface area (Å²) in [5.74, 6) is -0.272. The molecule has 18 heavy (non-hydrogen) atoms. The predicted octanol–water partition coefficient (Wildman–Crippen LogP) is 2.94. The highest BCUT2D eigenvalue weighted by Gasteiger charge is 2.42. The number of nitrogens with one attached hydrogen (secondary N) is 2. The van der Waals surface area contributed by atoms with E-state index in [0.29, 0.717) is 5.69 Å². The van der Waals surface area contributed by atoms with E-state index >= 15 is 0 Å². The number of hydrogen-bond acceptors (Lipinski definition) is 2. The normalized spacial score (nSPS) is 12.7. The summed E-state index contributed by atoms with van der Waals surface area (Å²) in [5, 5.41) is 4.72. The Morgan fingerprint density at radius 2 is 1.94 bits per heavy atom. The molecule has 0 aliphatic heterocycles. The minimum atomic E-state index is -4.11. The maximum Gasteiger partial charge on any atom is 0.444 e. The lowest BCUT2D eigenvalue weighted by Gasteiger charge is -2.17. The van der Waals surface area contributed by atoms with Gasteiger partial charge in [0.05, 0.1) is 0 Å². The van der Waals surface area contributed by atoms with Crippen molar-refractivity contribution in [2.75, 3.05) is 12.4 Å². The maximum atomic E-state index is 12.8. The molecule has 1 atom stereocenters. The van der Waals surface area contributed by atoms with Crippen LogP contribution in [0.1, 0.15) is 0 Å². The molecule has 0 aliphatic rings. The van der Waals surface area contributed by atoms with E-state index < -0.39 is 17.8 Å². The Morgan fingerprint density at radius 1 is 1.39 bits per heavy atom. The van der Waals surface area contributed by atoms with E-state index in [-0.39, 0.29) is 5.75 Å². The molecule has 8 heteroatoms. The molecule has 1 unspecified atom stereocenters. The maximum absolute atomic E-state index is 12.8. The molecule has 0 aromatic heterocycles. The third kappa shape index (κ3) is 3.99. The summed E-state index contributed by atoms with van der Waals surface area (Å²) in [6.45, 7) is 0. The van der Waals surface area contributed by atoms with E-state index in [1.54, 1.807) is 0 Å². The van der Waals surface area contributed by atoms with Crippen molar-refractivity contribution in [3.63, 3.8) is 0 Å². The topological polar surface area (TPSA) is 50.4 Å². The van der Waals surface area contributed by atoms with Crippen LogP contribution in [0, 0.1) is 0 Å². The van der Waals surface area contributed by atoms with Crippen molar-refractivity contribution in [2.24, 2.45) is 0 Å². The minimum absolute atomic E-state index is 0.272. The lowest BCUT2D eigenvalue weighted by atomic mass is 10.3. The Balaban J connectivity index is 2.69.